The summed E-state index contributed by atoms with van der Waals surface area (Å²) in [5.41, 5.74) is 0.476. The van der Waals surface area contributed by atoms with Crippen LogP contribution in [0.5, 0.6) is 0 Å². The monoisotopic (exact) mass is 267 g/mol. The summed E-state index contributed by atoms with van der Waals surface area (Å²) >= 11 is 8.02. The van der Waals surface area contributed by atoms with Crippen LogP contribution in [0.2, 0.25) is 5.02 Å². The van der Waals surface area contributed by atoms with Crippen molar-refractivity contribution in [1.29, 1.82) is 5.26 Å². The van der Waals surface area contributed by atoms with Gasteiger partial charge < -0.3 is 5.32 Å². The van der Waals surface area contributed by atoms with E-state index in [2.05, 4.69) is 22.6 Å². The van der Waals surface area contributed by atoms with Crippen molar-refractivity contribution in [2.75, 3.05) is 11.6 Å². The number of pyridine rings is 1. The molecular formula is C12H14ClN3S. The average Bonchev–Trinajstić information content (AvgIpc) is 2.79. The Bertz CT molecular complexity index is 444. The lowest BCUT2D eigenvalue weighted by molar-refractivity contribution is 0.752. The second kappa shape index (κ2) is 5.61. The van der Waals surface area contributed by atoms with Crippen LogP contribution in [0.1, 0.15) is 24.8 Å². The SMILES string of the molecule is CSC1CCC(Nc2nccc(C#N)c2Cl)C1. The zero-order valence-corrected chi connectivity index (χ0v) is 11.2. The van der Waals surface area contributed by atoms with E-state index in [1.807, 2.05) is 11.8 Å². The number of nitriles is 1. The van der Waals surface area contributed by atoms with Gasteiger partial charge in [0, 0.05) is 17.5 Å². The third kappa shape index (κ3) is 2.85. The van der Waals surface area contributed by atoms with Gasteiger partial charge in [-0.3, -0.25) is 0 Å². The fourth-order valence-electron chi connectivity index (χ4n) is 2.11. The third-order valence-electron chi connectivity index (χ3n) is 3.07. The quantitative estimate of drug-likeness (QED) is 0.913. The highest BCUT2D eigenvalue weighted by atomic mass is 35.5. The number of rotatable bonds is 3. The van der Waals surface area contributed by atoms with Gasteiger partial charge in [0.25, 0.3) is 0 Å². The van der Waals surface area contributed by atoms with Crippen LogP contribution in [0.3, 0.4) is 0 Å². The fourth-order valence-corrected chi connectivity index (χ4v) is 3.11. The molecule has 0 radical (unpaired) electrons. The average molecular weight is 268 g/mol. The smallest absolute Gasteiger partial charge is 0.146 e. The van der Waals surface area contributed by atoms with E-state index in [4.69, 9.17) is 16.9 Å². The van der Waals surface area contributed by atoms with Crippen molar-refractivity contribution in [2.45, 2.75) is 30.6 Å². The van der Waals surface area contributed by atoms with Crippen LogP contribution in [0.15, 0.2) is 12.3 Å². The molecular weight excluding hydrogens is 254 g/mol. The van der Waals surface area contributed by atoms with Gasteiger partial charge in [-0.2, -0.15) is 17.0 Å². The molecule has 0 bridgehead atoms. The van der Waals surface area contributed by atoms with E-state index >= 15 is 0 Å². The van der Waals surface area contributed by atoms with E-state index in [0.717, 1.165) is 18.1 Å². The highest BCUT2D eigenvalue weighted by Gasteiger charge is 2.24. The second-order valence-corrected chi connectivity index (χ2v) is 5.66. The maximum atomic E-state index is 8.89. The molecule has 0 saturated heterocycles. The van der Waals surface area contributed by atoms with Gasteiger partial charge >= 0.3 is 0 Å². The van der Waals surface area contributed by atoms with Crippen molar-refractivity contribution in [2.24, 2.45) is 0 Å². The molecule has 1 fully saturated rings. The summed E-state index contributed by atoms with van der Waals surface area (Å²) in [5.74, 6) is 0.637. The first-order valence-corrected chi connectivity index (χ1v) is 7.25. The number of hydrogen-bond acceptors (Lipinski definition) is 4. The van der Waals surface area contributed by atoms with Crippen LogP contribution < -0.4 is 5.32 Å². The van der Waals surface area contributed by atoms with E-state index < -0.39 is 0 Å². The number of halogens is 1. The minimum Gasteiger partial charge on any atom is -0.366 e. The molecule has 1 aromatic heterocycles. The molecule has 2 unspecified atom stereocenters. The third-order valence-corrected chi connectivity index (χ3v) is 4.55. The molecule has 1 saturated carbocycles. The largest absolute Gasteiger partial charge is 0.366 e. The van der Waals surface area contributed by atoms with Crippen LogP contribution >= 0.6 is 23.4 Å². The molecule has 0 spiro atoms. The Morgan fingerprint density at radius 1 is 1.59 bits per heavy atom. The highest BCUT2D eigenvalue weighted by molar-refractivity contribution is 7.99. The van der Waals surface area contributed by atoms with Crippen molar-refractivity contribution >= 4 is 29.2 Å². The van der Waals surface area contributed by atoms with Gasteiger partial charge in [-0.1, -0.05) is 11.6 Å². The topological polar surface area (TPSA) is 48.7 Å². The molecule has 2 atom stereocenters. The van der Waals surface area contributed by atoms with Crippen LogP contribution in [-0.2, 0) is 0 Å². The lowest BCUT2D eigenvalue weighted by Gasteiger charge is -2.14. The van der Waals surface area contributed by atoms with Crippen molar-refractivity contribution in [3.63, 3.8) is 0 Å². The highest BCUT2D eigenvalue weighted by Crippen LogP contribution is 2.32. The number of aromatic nitrogens is 1. The summed E-state index contributed by atoms with van der Waals surface area (Å²) in [6.07, 6.45) is 7.27. The Morgan fingerprint density at radius 2 is 2.41 bits per heavy atom. The van der Waals surface area contributed by atoms with E-state index in [0.29, 0.717) is 22.4 Å². The standard InChI is InChI=1S/C12H14ClN3S/c1-17-10-3-2-9(6-10)16-12-11(13)8(7-14)4-5-15-12/h4-5,9-10H,2-3,6H2,1H3,(H,15,16). The number of nitrogens with one attached hydrogen (secondary N) is 1. The Hall–Kier alpha value is -0.920. The Labute approximate surface area is 111 Å². The normalized spacial score (nSPS) is 23.4. The van der Waals surface area contributed by atoms with Gasteiger partial charge in [0.15, 0.2) is 0 Å². The Kier molecular flexibility index (Phi) is 4.14. The second-order valence-electron chi connectivity index (χ2n) is 4.14. The number of thioether (sulfide) groups is 1. The molecule has 0 amide bonds. The number of hydrogen-bond donors (Lipinski definition) is 1. The van der Waals surface area contributed by atoms with E-state index in [9.17, 15) is 0 Å². The molecule has 3 nitrogen and oxygen atoms in total. The van der Waals surface area contributed by atoms with Crippen LogP contribution in [0, 0.1) is 11.3 Å². The van der Waals surface area contributed by atoms with Crippen molar-refractivity contribution in [3.8, 4) is 6.07 Å². The lowest BCUT2D eigenvalue weighted by atomic mass is 10.2. The van der Waals surface area contributed by atoms with Gasteiger partial charge in [-0.05, 0) is 31.6 Å². The van der Waals surface area contributed by atoms with Crippen LogP contribution in [-0.4, -0.2) is 22.5 Å². The molecule has 1 aliphatic carbocycles. The van der Waals surface area contributed by atoms with E-state index in [-0.39, 0.29) is 0 Å². The molecule has 1 aromatic rings. The van der Waals surface area contributed by atoms with E-state index in [1.165, 1.54) is 6.42 Å². The first-order valence-electron chi connectivity index (χ1n) is 5.58. The summed E-state index contributed by atoms with van der Waals surface area (Å²) in [7, 11) is 0. The van der Waals surface area contributed by atoms with Gasteiger partial charge in [0.1, 0.15) is 16.9 Å². The predicted octanol–water partition coefficient (Wildman–Crippen LogP) is 3.30. The van der Waals surface area contributed by atoms with E-state index in [1.54, 1.807) is 12.3 Å². The van der Waals surface area contributed by atoms with Crippen molar-refractivity contribution < 1.29 is 0 Å². The molecule has 1 heterocycles. The summed E-state index contributed by atoms with van der Waals surface area (Å²) in [6, 6.07) is 4.12. The first-order chi connectivity index (χ1) is 8.24. The Balaban J connectivity index is 2.07. The minimum absolute atomic E-state index is 0.423. The van der Waals surface area contributed by atoms with Crippen LogP contribution in [0.4, 0.5) is 5.82 Å². The van der Waals surface area contributed by atoms with Crippen LogP contribution in [0.25, 0.3) is 0 Å². The lowest BCUT2D eigenvalue weighted by Crippen LogP contribution is -2.17. The zero-order valence-electron chi connectivity index (χ0n) is 9.61. The molecule has 2 rings (SSSR count). The van der Waals surface area contributed by atoms with Gasteiger partial charge in [0.2, 0.25) is 0 Å². The summed E-state index contributed by atoms with van der Waals surface area (Å²) in [6.45, 7) is 0. The molecule has 17 heavy (non-hydrogen) atoms. The molecule has 90 valence electrons. The molecule has 0 aromatic carbocycles. The minimum atomic E-state index is 0.423. The van der Waals surface area contributed by atoms with Crippen molar-refractivity contribution in [3.05, 3.63) is 22.8 Å². The number of anilines is 1. The van der Waals surface area contributed by atoms with Gasteiger partial charge in [0.05, 0.1) is 5.56 Å². The molecule has 1 N–H and O–H groups in total. The molecule has 5 heteroatoms. The summed E-state index contributed by atoms with van der Waals surface area (Å²) in [4.78, 5) is 4.20. The van der Waals surface area contributed by atoms with Gasteiger partial charge in [-0.15, -0.1) is 0 Å². The maximum Gasteiger partial charge on any atom is 0.146 e. The fraction of sp³-hybridized carbons (Fsp3) is 0.500. The first kappa shape index (κ1) is 12.5. The maximum absolute atomic E-state index is 8.89. The van der Waals surface area contributed by atoms with Crippen molar-refractivity contribution in [1.82, 2.24) is 4.98 Å². The van der Waals surface area contributed by atoms with Gasteiger partial charge in [-0.25, -0.2) is 4.98 Å². The molecule has 0 aliphatic heterocycles. The summed E-state index contributed by atoms with van der Waals surface area (Å²) < 4.78 is 0. The predicted molar refractivity (Wildman–Crippen MR) is 72.5 cm³/mol. The zero-order chi connectivity index (χ0) is 12.3. The summed E-state index contributed by atoms with van der Waals surface area (Å²) in [5, 5.41) is 13.4. The Morgan fingerprint density at radius 3 is 3.06 bits per heavy atom. The molecule has 1 aliphatic rings. The number of nitrogens with zero attached hydrogens (tertiary/aromatic N) is 2.